The van der Waals surface area contributed by atoms with Crippen LogP contribution in [0.1, 0.15) is 37.3 Å². The average Bonchev–Trinajstić information content (AvgIpc) is 2.27. The van der Waals surface area contributed by atoms with E-state index >= 15 is 0 Å². The summed E-state index contributed by atoms with van der Waals surface area (Å²) >= 11 is 0. The zero-order chi connectivity index (χ0) is 11.1. The maximum absolute atomic E-state index is 11.3. The summed E-state index contributed by atoms with van der Waals surface area (Å²) < 4.78 is 0. The summed E-state index contributed by atoms with van der Waals surface area (Å²) in [5.74, 6) is 0.337. The molecule has 0 heterocycles. The molecule has 1 aromatic carbocycles. The molecule has 0 unspecified atom stereocenters. The zero-order valence-electron chi connectivity index (χ0n) is 9.20. The molecule has 0 fully saturated rings. The molecule has 0 aliphatic carbocycles. The number of benzene rings is 1. The summed E-state index contributed by atoms with van der Waals surface area (Å²) in [6.07, 6.45) is 3.06. The Labute approximate surface area is 90.9 Å². The first-order valence-electron chi connectivity index (χ1n) is 5.46. The van der Waals surface area contributed by atoms with E-state index in [1.54, 1.807) is 0 Å². The van der Waals surface area contributed by atoms with Crippen molar-refractivity contribution in [2.24, 2.45) is 0 Å². The molecule has 1 rings (SSSR count). The van der Waals surface area contributed by atoms with E-state index in [9.17, 15) is 4.79 Å². The Morgan fingerprint density at radius 3 is 2.27 bits per heavy atom. The second-order valence-electron chi connectivity index (χ2n) is 3.76. The van der Waals surface area contributed by atoms with Crippen LogP contribution in [0, 0.1) is 0 Å². The number of ketones is 1. The molecule has 0 spiro atoms. The molecule has 0 saturated carbocycles. The Morgan fingerprint density at radius 2 is 1.73 bits per heavy atom. The summed E-state index contributed by atoms with van der Waals surface area (Å²) in [5.41, 5.74) is 2.08. The van der Waals surface area contributed by atoms with Gasteiger partial charge in [-0.15, -0.1) is 0 Å². The first-order chi connectivity index (χ1) is 7.26. The first kappa shape index (κ1) is 11.9. The third kappa shape index (κ3) is 4.26. The maximum atomic E-state index is 11.3. The molecule has 2 heteroatoms. The van der Waals surface area contributed by atoms with E-state index in [0.717, 1.165) is 24.0 Å². The minimum absolute atomic E-state index is 0.0784. The molecule has 0 amide bonds. The van der Waals surface area contributed by atoms with E-state index in [2.05, 4.69) is 0 Å². The van der Waals surface area contributed by atoms with Crippen LogP contribution in [-0.2, 0) is 17.8 Å². The average molecular weight is 206 g/mol. The summed E-state index contributed by atoms with van der Waals surface area (Å²) in [6.45, 7) is 2.10. The smallest absolute Gasteiger partial charge is 0.133 e. The quantitative estimate of drug-likeness (QED) is 0.776. The fraction of sp³-hybridized carbons (Fsp3) is 0.462. The predicted molar refractivity (Wildman–Crippen MR) is 60.6 cm³/mol. The lowest BCUT2D eigenvalue weighted by atomic mass is 10.0. The second kappa shape index (κ2) is 6.36. The highest BCUT2D eigenvalue weighted by molar-refractivity contribution is 5.78. The Morgan fingerprint density at radius 1 is 1.13 bits per heavy atom. The van der Waals surface area contributed by atoms with E-state index in [4.69, 9.17) is 5.11 Å². The third-order valence-electron chi connectivity index (χ3n) is 2.43. The van der Waals surface area contributed by atoms with Gasteiger partial charge in [0.15, 0.2) is 0 Å². The number of carbonyl (C=O) groups is 1. The fourth-order valence-electron chi connectivity index (χ4n) is 1.50. The number of aliphatic hydroxyl groups is 1. The van der Waals surface area contributed by atoms with Gasteiger partial charge in [0.1, 0.15) is 5.78 Å². The van der Waals surface area contributed by atoms with Crippen LogP contribution in [0.2, 0.25) is 0 Å². The Hall–Kier alpha value is -1.15. The van der Waals surface area contributed by atoms with Gasteiger partial charge in [-0.3, -0.25) is 4.79 Å². The van der Waals surface area contributed by atoms with Gasteiger partial charge in [-0.1, -0.05) is 31.2 Å². The van der Waals surface area contributed by atoms with Gasteiger partial charge in [-0.05, 0) is 24.0 Å². The van der Waals surface area contributed by atoms with Crippen molar-refractivity contribution in [3.8, 4) is 0 Å². The van der Waals surface area contributed by atoms with Gasteiger partial charge in [-0.2, -0.15) is 0 Å². The standard InChI is InChI=1S/C13H18O2/c1-2-3-13(15)9-8-11-4-6-12(10-14)7-5-11/h4-7,14H,2-3,8-10H2,1H3. The number of rotatable bonds is 6. The number of carbonyl (C=O) groups excluding carboxylic acids is 1. The van der Waals surface area contributed by atoms with Crippen molar-refractivity contribution in [3.05, 3.63) is 35.4 Å². The molecule has 15 heavy (non-hydrogen) atoms. The number of aryl methyl sites for hydroxylation is 1. The molecule has 1 aromatic rings. The largest absolute Gasteiger partial charge is 0.392 e. The molecule has 82 valence electrons. The van der Waals surface area contributed by atoms with Crippen molar-refractivity contribution in [1.29, 1.82) is 0 Å². The summed E-state index contributed by atoms with van der Waals surface area (Å²) in [4.78, 5) is 11.3. The van der Waals surface area contributed by atoms with Crippen LogP contribution in [0.5, 0.6) is 0 Å². The number of hydrogen-bond donors (Lipinski definition) is 1. The number of Topliss-reactive ketones (excluding diaryl/α,β-unsaturated/α-hetero) is 1. The van der Waals surface area contributed by atoms with Crippen LogP contribution < -0.4 is 0 Å². The first-order valence-corrected chi connectivity index (χ1v) is 5.46. The second-order valence-corrected chi connectivity index (χ2v) is 3.76. The molecular weight excluding hydrogens is 188 g/mol. The SMILES string of the molecule is CCCC(=O)CCc1ccc(CO)cc1. The van der Waals surface area contributed by atoms with E-state index < -0.39 is 0 Å². The molecule has 0 aromatic heterocycles. The molecule has 2 nitrogen and oxygen atoms in total. The van der Waals surface area contributed by atoms with Crippen LogP contribution in [0.4, 0.5) is 0 Å². The van der Waals surface area contributed by atoms with E-state index in [-0.39, 0.29) is 6.61 Å². The monoisotopic (exact) mass is 206 g/mol. The molecule has 0 radical (unpaired) electrons. The highest BCUT2D eigenvalue weighted by Crippen LogP contribution is 2.08. The highest BCUT2D eigenvalue weighted by Gasteiger charge is 2.01. The van der Waals surface area contributed by atoms with E-state index in [1.165, 1.54) is 0 Å². The number of hydrogen-bond acceptors (Lipinski definition) is 2. The summed E-state index contributed by atoms with van der Waals surface area (Å²) in [7, 11) is 0. The van der Waals surface area contributed by atoms with E-state index in [0.29, 0.717) is 18.6 Å². The topological polar surface area (TPSA) is 37.3 Å². The number of aliphatic hydroxyl groups excluding tert-OH is 1. The van der Waals surface area contributed by atoms with Crippen LogP contribution in [0.15, 0.2) is 24.3 Å². The highest BCUT2D eigenvalue weighted by atomic mass is 16.3. The zero-order valence-corrected chi connectivity index (χ0v) is 9.20. The van der Waals surface area contributed by atoms with Gasteiger partial charge < -0.3 is 5.11 Å². The molecule has 0 bridgehead atoms. The van der Waals surface area contributed by atoms with Crippen LogP contribution in [0.3, 0.4) is 0 Å². The van der Waals surface area contributed by atoms with Crippen LogP contribution in [-0.4, -0.2) is 10.9 Å². The van der Waals surface area contributed by atoms with Gasteiger partial charge >= 0.3 is 0 Å². The predicted octanol–water partition coefficient (Wildman–Crippen LogP) is 2.48. The van der Waals surface area contributed by atoms with Crippen molar-refractivity contribution in [2.45, 2.75) is 39.2 Å². The Kier molecular flexibility index (Phi) is 5.05. The van der Waals surface area contributed by atoms with Gasteiger partial charge in [0, 0.05) is 12.8 Å². The normalized spacial score (nSPS) is 10.3. The van der Waals surface area contributed by atoms with Crippen LogP contribution >= 0.6 is 0 Å². The van der Waals surface area contributed by atoms with Crippen molar-refractivity contribution in [2.75, 3.05) is 0 Å². The van der Waals surface area contributed by atoms with E-state index in [1.807, 2.05) is 31.2 Å². The lowest BCUT2D eigenvalue weighted by molar-refractivity contribution is -0.119. The Bertz CT molecular complexity index is 301. The molecule has 0 atom stereocenters. The molecule has 0 saturated heterocycles. The van der Waals surface area contributed by atoms with Gasteiger partial charge in [-0.25, -0.2) is 0 Å². The third-order valence-corrected chi connectivity index (χ3v) is 2.43. The molecule has 0 aliphatic heterocycles. The molecule has 1 N–H and O–H groups in total. The van der Waals surface area contributed by atoms with Crippen molar-refractivity contribution < 1.29 is 9.90 Å². The molecular formula is C13H18O2. The van der Waals surface area contributed by atoms with Gasteiger partial charge in [0.25, 0.3) is 0 Å². The maximum Gasteiger partial charge on any atom is 0.133 e. The van der Waals surface area contributed by atoms with Gasteiger partial charge in [0.05, 0.1) is 6.61 Å². The Balaban J connectivity index is 2.40. The van der Waals surface area contributed by atoms with Crippen LogP contribution in [0.25, 0.3) is 0 Å². The van der Waals surface area contributed by atoms with Crippen molar-refractivity contribution in [1.82, 2.24) is 0 Å². The fourth-order valence-corrected chi connectivity index (χ4v) is 1.50. The molecule has 0 aliphatic rings. The summed E-state index contributed by atoms with van der Waals surface area (Å²) in [6, 6.07) is 7.76. The lowest BCUT2D eigenvalue weighted by Gasteiger charge is -2.02. The lowest BCUT2D eigenvalue weighted by Crippen LogP contribution is -1.99. The minimum Gasteiger partial charge on any atom is -0.392 e. The van der Waals surface area contributed by atoms with Crippen molar-refractivity contribution >= 4 is 5.78 Å². The van der Waals surface area contributed by atoms with Gasteiger partial charge in [0.2, 0.25) is 0 Å². The minimum atomic E-state index is 0.0784. The van der Waals surface area contributed by atoms with Crippen molar-refractivity contribution in [3.63, 3.8) is 0 Å². The summed E-state index contributed by atoms with van der Waals surface area (Å²) in [5, 5.41) is 8.86.